The highest BCUT2D eigenvalue weighted by Gasteiger charge is 2.32. The molecule has 37 heavy (non-hydrogen) atoms. The first-order chi connectivity index (χ1) is 17.3. The summed E-state index contributed by atoms with van der Waals surface area (Å²) >= 11 is 5.84. The number of carbonyl (C=O) groups is 3. The molecule has 0 spiro atoms. The lowest BCUT2D eigenvalue weighted by atomic mass is 10.2. The lowest BCUT2D eigenvalue weighted by Gasteiger charge is -2.25. The topological polar surface area (TPSA) is 87.2 Å². The second-order valence-corrected chi connectivity index (χ2v) is 8.44. The van der Waals surface area contributed by atoms with E-state index in [9.17, 15) is 41.4 Å². The molecule has 3 amide bonds. The number of urea groups is 1. The van der Waals surface area contributed by atoms with Crippen molar-refractivity contribution in [2.24, 2.45) is 0 Å². The number of imide groups is 1. The van der Waals surface area contributed by atoms with Gasteiger partial charge in [0.05, 0.1) is 28.2 Å². The van der Waals surface area contributed by atoms with Crippen molar-refractivity contribution < 1.29 is 46.2 Å². The summed E-state index contributed by atoms with van der Waals surface area (Å²) in [5, 5.41) is 7.35. The zero-order valence-corrected chi connectivity index (χ0v) is 20.0. The van der Waals surface area contributed by atoms with Gasteiger partial charge in [-0.1, -0.05) is 17.7 Å². The average molecular weight is 561 g/mol. The Balaban J connectivity index is 1.84. The number of halogens is 6. The molecule has 0 unspecified atom stereocenters. The third kappa shape index (κ3) is 6.49. The molecule has 0 saturated carbocycles. The van der Waals surface area contributed by atoms with Gasteiger partial charge in [0, 0.05) is 7.05 Å². The summed E-state index contributed by atoms with van der Waals surface area (Å²) in [6, 6.07) is 8.82. The smallest absolute Gasteiger partial charge is 0.416 e. The summed E-state index contributed by atoms with van der Waals surface area (Å²) in [4.78, 5) is 37.1. The van der Waals surface area contributed by atoms with E-state index in [1.165, 1.54) is 24.3 Å². The molecule has 0 atom stereocenters. The number of hydrogen-bond acceptors (Lipinski definition) is 5. The van der Waals surface area contributed by atoms with Gasteiger partial charge in [-0.25, -0.2) is 22.7 Å². The van der Waals surface area contributed by atoms with Gasteiger partial charge in [-0.2, -0.15) is 13.2 Å². The summed E-state index contributed by atoms with van der Waals surface area (Å²) in [5.41, 5.74) is -2.05. The molecule has 0 aliphatic heterocycles. The van der Waals surface area contributed by atoms with Gasteiger partial charge in [0.25, 0.3) is 5.91 Å². The highest BCUT2D eigenvalue weighted by Crippen LogP contribution is 2.37. The van der Waals surface area contributed by atoms with E-state index in [1.54, 1.807) is 0 Å². The molecule has 0 bridgehead atoms. The number of carboxylic acid groups (broad SMARTS) is 1. The molecule has 0 heterocycles. The van der Waals surface area contributed by atoms with Crippen LogP contribution >= 0.6 is 23.5 Å². The van der Waals surface area contributed by atoms with Crippen molar-refractivity contribution in [3.8, 4) is 11.5 Å². The summed E-state index contributed by atoms with van der Waals surface area (Å²) in [6.07, 6.45) is -4.60. The van der Waals surface area contributed by atoms with E-state index in [2.05, 4.69) is 0 Å². The van der Waals surface area contributed by atoms with Crippen LogP contribution in [0.2, 0.25) is 5.02 Å². The second kappa shape index (κ2) is 11.0. The van der Waals surface area contributed by atoms with Crippen molar-refractivity contribution in [3.05, 3.63) is 88.4 Å². The molecular weight excluding hydrogens is 547 g/mol. The number of amides is 3. The minimum absolute atomic E-state index is 0.0232. The van der Waals surface area contributed by atoms with E-state index in [0.717, 1.165) is 37.4 Å². The number of nitrogens with zero attached hydrogens (tertiary/aromatic N) is 2. The van der Waals surface area contributed by atoms with Crippen LogP contribution in [0.3, 0.4) is 0 Å². The van der Waals surface area contributed by atoms with E-state index >= 15 is 0 Å². The molecular formula is C23H14ClF5N2O5S. The number of alkyl halides is 3. The van der Waals surface area contributed by atoms with Gasteiger partial charge in [-0.3, -0.25) is 9.69 Å². The Labute approximate surface area is 215 Å². The number of anilines is 1. The summed E-state index contributed by atoms with van der Waals surface area (Å²) < 4.78 is 72.4. The highest BCUT2D eigenvalue weighted by atomic mass is 35.5. The Kier molecular flexibility index (Phi) is 8.28. The molecule has 194 valence electrons. The molecule has 3 aromatic carbocycles. The number of carbonyl (C=O) groups excluding carboxylic acids is 2. The maximum atomic E-state index is 14.0. The van der Waals surface area contributed by atoms with Gasteiger partial charge in [0.15, 0.2) is 0 Å². The Bertz CT molecular complexity index is 1330. The molecule has 3 rings (SSSR count). The quantitative estimate of drug-likeness (QED) is 0.263. The minimum atomic E-state index is -4.60. The monoisotopic (exact) mass is 560 g/mol. The molecule has 0 aromatic heterocycles. The minimum Gasteiger partial charge on any atom is -0.472 e. The number of rotatable bonds is 4. The Morgan fingerprint density at radius 3 is 2.08 bits per heavy atom. The number of ether oxygens (including phenoxy) is 1. The van der Waals surface area contributed by atoms with Crippen molar-refractivity contribution in [1.82, 2.24) is 4.90 Å². The largest absolute Gasteiger partial charge is 0.472 e. The van der Waals surface area contributed by atoms with Crippen molar-refractivity contribution in [3.63, 3.8) is 0 Å². The second-order valence-electron chi connectivity index (χ2n) is 7.13. The molecule has 0 aliphatic carbocycles. The summed E-state index contributed by atoms with van der Waals surface area (Å²) in [7, 11) is 0.913. The maximum Gasteiger partial charge on any atom is 0.416 e. The fraction of sp³-hybridized carbons (Fsp3) is 0.0870. The van der Waals surface area contributed by atoms with Crippen molar-refractivity contribution >= 4 is 46.5 Å². The van der Waals surface area contributed by atoms with Crippen LogP contribution < -0.4 is 9.04 Å². The molecule has 3 aromatic rings. The fourth-order valence-electron chi connectivity index (χ4n) is 2.91. The van der Waals surface area contributed by atoms with E-state index in [0.29, 0.717) is 15.3 Å². The fourth-order valence-corrected chi connectivity index (χ4v) is 3.71. The van der Waals surface area contributed by atoms with Gasteiger partial charge in [0.2, 0.25) is 0 Å². The standard InChI is InChI=1S/C23H14ClF5N2O5S/c1-30(20(32)19-16(25)3-2-4-17(19)26)21(33)31(37-22(34)35)13-6-8-14(9-7-13)36-18-10-5-12(11-15(18)24)23(27,28)29/h2-11H,1H3,(H,34,35). The van der Waals surface area contributed by atoms with Gasteiger partial charge in [0.1, 0.15) is 28.7 Å². The Morgan fingerprint density at radius 1 is 0.973 bits per heavy atom. The molecule has 0 radical (unpaired) electrons. The van der Waals surface area contributed by atoms with E-state index in [4.69, 9.17) is 16.3 Å². The highest BCUT2D eigenvalue weighted by molar-refractivity contribution is 8.14. The summed E-state index contributed by atoms with van der Waals surface area (Å²) in [5.74, 6) is -3.83. The molecule has 0 aliphatic rings. The Hall–Kier alpha value is -3.84. The normalized spacial score (nSPS) is 11.1. The van der Waals surface area contributed by atoms with Gasteiger partial charge >= 0.3 is 17.5 Å². The van der Waals surface area contributed by atoms with Crippen LogP contribution in [0.1, 0.15) is 15.9 Å². The Morgan fingerprint density at radius 2 is 1.57 bits per heavy atom. The van der Waals surface area contributed by atoms with Crippen LogP contribution in [-0.4, -0.2) is 34.3 Å². The van der Waals surface area contributed by atoms with Gasteiger partial charge in [-0.15, -0.1) is 0 Å². The summed E-state index contributed by atoms with van der Waals surface area (Å²) in [6.45, 7) is 0. The van der Waals surface area contributed by atoms with Crippen LogP contribution in [0.25, 0.3) is 0 Å². The molecule has 0 saturated heterocycles. The first kappa shape index (κ1) is 27.7. The third-order valence-corrected chi connectivity index (χ3v) is 5.67. The predicted octanol–water partition coefficient (Wildman–Crippen LogP) is 7.45. The SMILES string of the molecule is CN(C(=O)c1c(F)cccc1F)C(=O)N(SC(=O)O)c1ccc(Oc2ccc(C(F)(F)F)cc2Cl)cc1. The zero-order valence-electron chi connectivity index (χ0n) is 18.4. The van der Waals surface area contributed by atoms with Crippen molar-refractivity contribution in [1.29, 1.82) is 0 Å². The lowest BCUT2D eigenvalue weighted by molar-refractivity contribution is -0.137. The number of hydrogen-bond donors (Lipinski definition) is 1. The molecule has 7 nitrogen and oxygen atoms in total. The van der Waals surface area contributed by atoms with Crippen LogP contribution in [-0.2, 0) is 6.18 Å². The van der Waals surface area contributed by atoms with E-state index < -0.39 is 46.2 Å². The van der Waals surface area contributed by atoms with Crippen LogP contribution in [0.15, 0.2) is 60.7 Å². The zero-order chi connectivity index (χ0) is 27.5. The van der Waals surface area contributed by atoms with E-state index in [1.807, 2.05) is 0 Å². The third-order valence-electron chi connectivity index (χ3n) is 4.67. The van der Waals surface area contributed by atoms with Gasteiger partial charge < -0.3 is 9.84 Å². The van der Waals surface area contributed by atoms with Crippen LogP contribution in [0, 0.1) is 11.6 Å². The number of benzene rings is 3. The predicted molar refractivity (Wildman–Crippen MR) is 125 cm³/mol. The van der Waals surface area contributed by atoms with Crippen molar-refractivity contribution in [2.45, 2.75) is 6.18 Å². The van der Waals surface area contributed by atoms with Crippen LogP contribution in [0.4, 0.5) is 37.2 Å². The van der Waals surface area contributed by atoms with Crippen molar-refractivity contribution in [2.75, 3.05) is 11.4 Å². The van der Waals surface area contributed by atoms with E-state index in [-0.39, 0.29) is 34.2 Å². The average Bonchev–Trinajstić information content (AvgIpc) is 2.82. The first-order valence-electron chi connectivity index (χ1n) is 9.91. The molecule has 0 fully saturated rings. The maximum absolute atomic E-state index is 14.0. The van der Waals surface area contributed by atoms with Crippen LogP contribution in [0.5, 0.6) is 11.5 Å². The lowest BCUT2D eigenvalue weighted by Crippen LogP contribution is -2.42. The first-order valence-corrected chi connectivity index (χ1v) is 11.1. The van der Waals surface area contributed by atoms with Gasteiger partial charge in [-0.05, 0) is 54.6 Å². The molecule has 14 heteroatoms. The molecule has 1 N–H and O–H groups in total.